The molecule has 5 heteroatoms. The molecule has 0 radical (unpaired) electrons. The van der Waals surface area contributed by atoms with E-state index in [0.717, 1.165) is 22.8 Å². The molecule has 0 aromatic carbocycles. The molecule has 2 aromatic rings. The van der Waals surface area contributed by atoms with Crippen molar-refractivity contribution in [2.45, 2.75) is 33.7 Å². The molecule has 4 nitrogen and oxygen atoms in total. The number of hydrogen-bond donors (Lipinski definition) is 1. The van der Waals surface area contributed by atoms with Gasteiger partial charge in [0.05, 0.1) is 23.5 Å². The van der Waals surface area contributed by atoms with Gasteiger partial charge in [0.25, 0.3) is 0 Å². The summed E-state index contributed by atoms with van der Waals surface area (Å²) in [4.78, 5) is 16.0. The number of rotatable bonds is 5. The Bertz CT molecular complexity index is 592. The molecule has 0 unspecified atom stereocenters. The highest BCUT2D eigenvalue weighted by Crippen LogP contribution is 2.25. The third-order valence-electron chi connectivity index (χ3n) is 3.00. The average Bonchev–Trinajstić information content (AvgIpc) is 2.78. The molecule has 0 aliphatic rings. The van der Waals surface area contributed by atoms with E-state index in [1.54, 1.807) is 13.1 Å². The molecular formula is C14H17N3OS. The van der Waals surface area contributed by atoms with Gasteiger partial charge in [-0.05, 0) is 43.4 Å². The molecule has 0 amide bonds. The average molecular weight is 275 g/mol. The summed E-state index contributed by atoms with van der Waals surface area (Å²) < 4.78 is 4.23. The molecule has 0 aliphatic carbocycles. The topological polar surface area (TPSA) is 54.9 Å². The van der Waals surface area contributed by atoms with E-state index in [4.69, 9.17) is 0 Å². The Kier molecular flexibility index (Phi) is 4.27. The second-order valence-corrected chi connectivity index (χ2v) is 5.12. The van der Waals surface area contributed by atoms with Crippen LogP contribution in [0.1, 0.15) is 41.2 Å². The van der Waals surface area contributed by atoms with Gasteiger partial charge in [-0.1, -0.05) is 13.0 Å². The van der Waals surface area contributed by atoms with Gasteiger partial charge in [-0.25, -0.2) is 0 Å². The number of carbonyl (C=O) groups is 1. The van der Waals surface area contributed by atoms with Crippen molar-refractivity contribution in [3.8, 4) is 0 Å². The molecule has 19 heavy (non-hydrogen) atoms. The molecule has 0 spiro atoms. The van der Waals surface area contributed by atoms with Crippen LogP contribution in [0.5, 0.6) is 0 Å². The number of nitrogens with one attached hydrogen (secondary N) is 1. The van der Waals surface area contributed by atoms with Crippen LogP contribution in [0.2, 0.25) is 0 Å². The van der Waals surface area contributed by atoms with Crippen molar-refractivity contribution in [2.75, 3.05) is 5.32 Å². The van der Waals surface area contributed by atoms with Crippen LogP contribution in [0.4, 0.5) is 5.00 Å². The zero-order chi connectivity index (χ0) is 13.8. The van der Waals surface area contributed by atoms with E-state index in [9.17, 15) is 4.79 Å². The Labute approximate surface area is 117 Å². The largest absolute Gasteiger partial charge is 0.369 e. The van der Waals surface area contributed by atoms with Crippen molar-refractivity contribution < 1.29 is 4.79 Å². The number of anilines is 1. The molecule has 0 aliphatic heterocycles. The SMILES string of the molecule is CCc1cccnc1CNc1snc(C)c1C(C)=O. The summed E-state index contributed by atoms with van der Waals surface area (Å²) in [6.45, 7) is 6.15. The highest BCUT2D eigenvalue weighted by molar-refractivity contribution is 7.10. The fourth-order valence-electron chi connectivity index (χ4n) is 2.02. The first-order chi connectivity index (χ1) is 9.13. The molecule has 0 saturated heterocycles. The highest BCUT2D eigenvalue weighted by Gasteiger charge is 2.14. The Hall–Kier alpha value is -1.75. The van der Waals surface area contributed by atoms with Crippen molar-refractivity contribution in [1.82, 2.24) is 9.36 Å². The Morgan fingerprint density at radius 3 is 2.95 bits per heavy atom. The molecule has 100 valence electrons. The normalized spacial score (nSPS) is 10.5. The number of pyridine rings is 1. The molecule has 0 bridgehead atoms. The highest BCUT2D eigenvalue weighted by atomic mass is 32.1. The number of aromatic nitrogens is 2. The number of ketones is 1. The maximum atomic E-state index is 11.6. The predicted octanol–water partition coefficient (Wildman–Crippen LogP) is 3.22. The number of carbonyl (C=O) groups excluding carboxylic acids is 1. The van der Waals surface area contributed by atoms with Crippen LogP contribution in [-0.4, -0.2) is 15.1 Å². The van der Waals surface area contributed by atoms with Gasteiger partial charge in [-0.2, -0.15) is 4.37 Å². The van der Waals surface area contributed by atoms with E-state index in [0.29, 0.717) is 12.1 Å². The Morgan fingerprint density at radius 2 is 2.26 bits per heavy atom. The quantitative estimate of drug-likeness (QED) is 0.851. The van der Waals surface area contributed by atoms with Gasteiger partial charge in [0, 0.05) is 6.20 Å². The van der Waals surface area contributed by atoms with Crippen LogP contribution in [0, 0.1) is 6.92 Å². The minimum Gasteiger partial charge on any atom is -0.369 e. The minimum atomic E-state index is 0.0467. The smallest absolute Gasteiger partial charge is 0.164 e. The number of hydrogen-bond acceptors (Lipinski definition) is 5. The van der Waals surface area contributed by atoms with E-state index >= 15 is 0 Å². The molecule has 0 fully saturated rings. The standard InChI is InChI=1S/C14H17N3OS/c1-4-11-6-5-7-15-12(11)8-16-14-13(10(3)18)9(2)17-19-14/h5-7,16H,4,8H2,1-3H3. The lowest BCUT2D eigenvalue weighted by Gasteiger charge is -2.08. The first-order valence-electron chi connectivity index (χ1n) is 6.27. The summed E-state index contributed by atoms with van der Waals surface area (Å²) in [5.74, 6) is 0.0467. The Balaban J connectivity index is 2.17. The lowest BCUT2D eigenvalue weighted by Crippen LogP contribution is -2.06. The van der Waals surface area contributed by atoms with Crippen molar-refractivity contribution in [2.24, 2.45) is 0 Å². The molecular weight excluding hydrogens is 258 g/mol. The summed E-state index contributed by atoms with van der Waals surface area (Å²) in [7, 11) is 0. The van der Waals surface area contributed by atoms with Gasteiger partial charge in [-0.3, -0.25) is 9.78 Å². The number of aryl methyl sites for hydroxylation is 2. The molecule has 2 aromatic heterocycles. The minimum absolute atomic E-state index is 0.0467. The van der Waals surface area contributed by atoms with Crippen LogP contribution < -0.4 is 5.32 Å². The second kappa shape index (κ2) is 5.93. The zero-order valence-electron chi connectivity index (χ0n) is 11.4. The molecule has 1 N–H and O–H groups in total. The summed E-state index contributed by atoms with van der Waals surface area (Å²) in [6, 6.07) is 4.02. The van der Waals surface area contributed by atoms with Crippen LogP contribution in [0.25, 0.3) is 0 Å². The van der Waals surface area contributed by atoms with E-state index in [-0.39, 0.29) is 5.78 Å². The summed E-state index contributed by atoms with van der Waals surface area (Å²) in [6.07, 6.45) is 2.74. The third kappa shape index (κ3) is 2.98. The molecule has 2 rings (SSSR count). The van der Waals surface area contributed by atoms with E-state index in [2.05, 4.69) is 27.7 Å². The van der Waals surface area contributed by atoms with Gasteiger partial charge in [-0.15, -0.1) is 0 Å². The first kappa shape index (κ1) is 13.7. The summed E-state index contributed by atoms with van der Waals surface area (Å²) in [5, 5.41) is 4.11. The Morgan fingerprint density at radius 1 is 1.47 bits per heavy atom. The van der Waals surface area contributed by atoms with Crippen molar-refractivity contribution in [1.29, 1.82) is 0 Å². The third-order valence-corrected chi connectivity index (χ3v) is 3.89. The lowest BCUT2D eigenvalue weighted by molar-refractivity contribution is 0.101. The van der Waals surface area contributed by atoms with Crippen molar-refractivity contribution in [3.63, 3.8) is 0 Å². The number of Topliss-reactive ketones (excluding diaryl/α,β-unsaturated/α-hetero) is 1. The molecule has 0 atom stereocenters. The van der Waals surface area contributed by atoms with Gasteiger partial charge in [0.2, 0.25) is 0 Å². The fourth-order valence-corrected chi connectivity index (χ4v) is 2.86. The monoisotopic (exact) mass is 275 g/mol. The van der Waals surface area contributed by atoms with Crippen molar-refractivity contribution in [3.05, 3.63) is 40.8 Å². The number of nitrogens with zero attached hydrogens (tertiary/aromatic N) is 2. The second-order valence-electron chi connectivity index (χ2n) is 4.34. The van der Waals surface area contributed by atoms with Crippen LogP contribution in [0.15, 0.2) is 18.3 Å². The van der Waals surface area contributed by atoms with Gasteiger partial charge < -0.3 is 5.32 Å². The van der Waals surface area contributed by atoms with E-state index in [1.165, 1.54) is 17.1 Å². The fraction of sp³-hybridized carbons (Fsp3) is 0.357. The van der Waals surface area contributed by atoms with E-state index in [1.807, 2.05) is 13.0 Å². The van der Waals surface area contributed by atoms with E-state index < -0.39 is 0 Å². The van der Waals surface area contributed by atoms with Crippen LogP contribution in [-0.2, 0) is 13.0 Å². The van der Waals surface area contributed by atoms with Crippen LogP contribution >= 0.6 is 11.5 Å². The van der Waals surface area contributed by atoms with Gasteiger partial charge in [0.1, 0.15) is 5.00 Å². The summed E-state index contributed by atoms with van der Waals surface area (Å²) >= 11 is 1.33. The maximum absolute atomic E-state index is 11.6. The first-order valence-corrected chi connectivity index (χ1v) is 7.04. The zero-order valence-corrected chi connectivity index (χ0v) is 12.2. The molecule has 2 heterocycles. The predicted molar refractivity (Wildman–Crippen MR) is 77.8 cm³/mol. The van der Waals surface area contributed by atoms with Crippen molar-refractivity contribution >= 4 is 22.3 Å². The van der Waals surface area contributed by atoms with Crippen LogP contribution in [0.3, 0.4) is 0 Å². The maximum Gasteiger partial charge on any atom is 0.164 e. The van der Waals surface area contributed by atoms with Gasteiger partial charge >= 0.3 is 0 Å². The lowest BCUT2D eigenvalue weighted by atomic mass is 10.1. The van der Waals surface area contributed by atoms with Gasteiger partial charge in [0.15, 0.2) is 5.78 Å². The molecule has 0 saturated carbocycles. The summed E-state index contributed by atoms with van der Waals surface area (Å²) in [5.41, 5.74) is 3.72.